The maximum atomic E-state index is 12.7. The number of aryl methyl sites for hydroxylation is 1. The van der Waals surface area contributed by atoms with Crippen molar-refractivity contribution in [2.45, 2.75) is 25.9 Å². The first-order valence-corrected chi connectivity index (χ1v) is 7.07. The maximum absolute atomic E-state index is 12.7. The third-order valence-corrected chi connectivity index (χ3v) is 3.52. The Morgan fingerprint density at radius 1 is 1.41 bits per heavy atom. The van der Waals surface area contributed by atoms with E-state index >= 15 is 0 Å². The first-order valence-electron chi connectivity index (χ1n) is 7.07. The van der Waals surface area contributed by atoms with Crippen LogP contribution in [0.1, 0.15) is 24.4 Å². The fraction of sp³-hybridized carbons (Fsp3) is 0.615. The molecule has 0 saturated carbocycles. The van der Waals surface area contributed by atoms with Gasteiger partial charge in [-0.25, -0.2) is 4.98 Å². The van der Waals surface area contributed by atoms with E-state index in [1.807, 2.05) is 0 Å². The molecule has 6 nitrogen and oxygen atoms in total. The summed E-state index contributed by atoms with van der Waals surface area (Å²) in [5.41, 5.74) is 0.580. The fourth-order valence-corrected chi connectivity index (χ4v) is 2.45. The van der Waals surface area contributed by atoms with Gasteiger partial charge in [0.15, 0.2) is 0 Å². The molecule has 120 valence electrons. The van der Waals surface area contributed by atoms with E-state index in [2.05, 4.69) is 20.4 Å². The Balaban J connectivity index is 1.85. The molecule has 0 bridgehead atoms. The van der Waals surface area contributed by atoms with E-state index in [0.29, 0.717) is 30.6 Å². The van der Waals surface area contributed by atoms with Crippen molar-refractivity contribution in [2.75, 3.05) is 25.1 Å². The Morgan fingerprint density at radius 3 is 2.91 bits per heavy atom. The number of nitrogens with zero attached hydrogens (tertiary/aromatic N) is 4. The Hall–Kier alpha value is -1.90. The van der Waals surface area contributed by atoms with E-state index in [0.717, 1.165) is 24.0 Å². The molecule has 2 aromatic rings. The van der Waals surface area contributed by atoms with Gasteiger partial charge in [-0.1, -0.05) is 0 Å². The summed E-state index contributed by atoms with van der Waals surface area (Å²) in [5.74, 6) is -0.455. The van der Waals surface area contributed by atoms with E-state index in [-0.39, 0.29) is 5.78 Å². The molecule has 1 fully saturated rings. The molecular formula is C13H16F3N5O. The van der Waals surface area contributed by atoms with Crippen LogP contribution in [0, 0.1) is 12.8 Å². The Kier molecular flexibility index (Phi) is 3.90. The van der Waals surface area contributed by atoms with Crippen LogP contribution in [0.25, 0.3) is 5.78 Å². The van der Waals surface area contributed by atoms with E-state index in [9.17, 15) is 13.2 Å². The van der Waals surface area contributed by atoms with Crippen molar-refractivity contribution in [3.63, 3.8) is 0 Å². The molecule has 1 aliphatic rings. The smallest absolute Gasteiger partial charge is 0.381 e. The van der Waals surface area contributed by atoms with Crippen LogP contribution in [0.3, 0.4) is 0 Å². The highest BCUT2D eigenvalue weighted by atomic mass is 19.4. The molecule has 2 aromatic heterocycles. The summed E-state index contributed by atoms with van der Waals surface area (Å²) in [4.78, 5) is 7.44. The maximum Gasteiger partial charge on any atom is 0.453 e. The van der Waals surface area contributed by atoms with E-state index < -0.39 is 12.0 Å². The molecule has 1 saturated heterocycles. The summed E-state index contributed by atoms with van der Waals surface area (Å²) >= 11 is 0. The zero-order chi connectivity index (χ0) is 15.7. The second-order valence-electron chi connectivity index (χ2n) is 5.39. The van der Waals surface area contributed by atoms with Crippen molar-refractivity contribution in [3.8, 4) is 0 Å². The number of alkyl halides is 3. The van der Waals surface area contributed by atoms with Crippen molar-refractivity contribution in [1.29, 1.82) is 0 Å². The van der Waals surface area contributed by atoms with Crippen molar-refractivity contribution >= 4 is 11.6 Å². The van der Waals surface area contributed by atoms with Crippen molar-refractivity contribution in [3.05, 3.63) is 17.6 Å². The normalized spacial score (nSPS) is 19.5. The number of nitrogens with one attached hydrogen (secondary N) is 1. The number of aromatic nitrogens is 4. The standard InChI is InChI=1S/C13H16F3N5O/c1-8-5-10(17-6-9-3-2-4-22-7-9)21-12(18-8)19-11(20-21)13(14,15)16/h5,9,17H,2-4,6-7H2,1H3/t9-/m1/s1. The van der Waals surface area contributed by atoms with Crippen LogP contribution in [-0.4, -0.2) is 39.3 Å². The summed E-state index contributed by atoms with van der Waals surface area (Å²) in [7, 11) is 0. The van der Waals surface area contributed by atoms with Crippen LogP contribution in [-0.2, 0) is 10.9 Å². The second-order valence-corrected chi connectivity index (χ2v) is 5.39. The predicted molar refractivity (Wildman–Crippen MR) is 72.6 cm³/mol. The first kappa shape index (κ1) is 15.0. The fourth-order valence-electron chi connectivity index (χ4n) is 2.45. The lowest BCUT2D eigenvalue weighted by Gasteiger charge is -2.22. The van der Waals surface area contributed by atoms with E-state index in [4.69, 9.17) is 4.74 Å². The van der Waals surface area contributed by atoms with Gasteiger partial charge >= 0.3 is 6.18 Å². The lowest BCUT2D eigenvalue weighted by atomic mass is 10.0. The highest BCUT2D eigenvalue weighted by molar-refractivity contribution is 5.45. The number of halogens is 3. The molecule has 0 radical (unpaired) electrons. The molecule has 0 aliphatic carbocycles. The second kappa shape index (κ2) is 5.71. The summed E-state index contributed by atoms with van der Waals surface area (Å²) < 4.78 is 44.7. The number of ether oxygens (including phenoxy) is 1. The molecule has 1 N–H and O–H groups in total. The molecule has 3 heterocycles. The summed E-state index contributed by atoms with van der Waals surface area (Å²) in [6.45, 7) is 3.75. The quantitative estimate of drug-likeness (QED) is 0.941. The lowest BCUT2D eigenvalue weighted by Crippen LogP contribution is -2.25. The summed E-state index contributed by atoms with van der Waals surface area (Å²) in [6.07, 6.45) is -2.56. The largest absolute Gasteiger partial charge is 0.453 e. The van der Waals surface area contributed by atoms with Crippen LogP contribution in [0.5, 0.6) is 0 Å². The average molecular weight is 315 g/mol. The number of fused-ring (bicyclic) bond motifs is 1. The molecule has 3 rings (SSSR count). The predicted octanol–water partition coefficient (Wildman–Crippen LogP) is 2.29. The first-order chi connectivity index (χ1) is 10.4. The molecule has 0 amide bonds. The topological polar surface area (TPSA) is 64.3 Å². The van der Waals surface area contributed by atoms with Crippen LogP contribution in [0.15, 0.2) is 6.07 Å². The molecule has 0 aromatic carbocycles. The van der Waals surface area contributed by atoms with Gasteiger partial charge in [0.2, 0.25) is 0 Å². The zero-order valence-electron chi connectivity index (χ0n) is 12.0. The summed E-state index contributed by atoms with van der Waals surface area (Å²) in [5, 5.41) is 6.65. The van der Waals surface area contributed by atoms with Gasteiger partial charge in [0.25, 0.3) is 11.6 Å². The van der Waals surface area contributed by atoms with Gasteiger partial charge in [-0.05, 0) is 25.7 Å². The minimum Gasteiger partial charge on any atom is -0.381 e. The SMILES string of the molecule is Cc1cc(NC[C@H]2CCCOC2)n2nc(C(F)(F)F)nc2n1. The lowest BCUT2D eigenvalue weighted by molar-refractivity contribution is -0.144. The van der Waals surface area contributed by atoms with Gasteiger partial charge in [-0.2, -0.15) is 22.7 Å². The molecule has 1 atom stereocenters. The molecular weight excluding hydrogens is 299 g/mol. The minimum absolute atomic E-state index is 0.0604. The van der Waals surface area contributed by atoms with E-state index in [1.54, 1.807) is 13.0 Å². The van der Waals surface area contributed by atoms with Gasteiger partial charge in [0, 0.05) is 24.9 Å². The Morgan fingerprint density at radius 2 is 2.23 bits per heavy atom. The zero-order valence-corrected chi connectivity index (χ0v) is 12.0. The van der Waals surface area contributed by atoms with Crippen molar-refractivity contribution < 1.29 is 17.9 Å². The molecule has 9 heteroatoms. The Bertz CT molecular complexity index is 663. The van der Waals surface area contributed by atoms with Gasteiger partial charge < -0.3 is 10.1 Å². The minimum atomic E-state index is -4.59. The third kappa shape index (κ3) is 3.13. The summed E-state index contributed by atoms with van der Waals surface area (Å²) in [6, 6.07) is 1.66. The monoisotopic (exact) mass is 315 g/mol. The molecule has 0 spiro atoms. The number of anilines is 1. The van der Waals surface area contributed by atoms with Gasteiger partial charge in [0.1, 0.15) is 5.82 Å². The number of hydrogen-bond donors (Lipinski definition) is 1. The molecule has 0 unspecified atom stereocenters. The highest BCUT2D eigenvalue weighted by Gasteiger charge is 2.36. The van der Waals surface area contributed by atoms with Crippen LogP contribution in [0.4, 0.5) is 19.0 Å². The van der Waals surface area contributed by atoms with Crippen molar-refractivity contribution in [2.24, 2.45) is 5.92 Å². The van der Waals surface area contributed by atoms with Crippen molar-refractivity contribution in [1.82, 2.24) is 19.6 Å². The molecule has 1 aliphatic heterocycles. The van der Waals surface area contributed by atoms with E-state index in [1.165, 1.54) is 0 Å². The van der Waals surface area contributed by atoms with Gasteiger partial charge in [0.05, 0.1) is 6.61 Å². The van der Waals surface area contributed by atoms with Gasteiger partial charge in [-0.3, -0.25) is 0 Å². The molecule has 22 heavy (non-hydrogen) atoms. The Labute approximate surface area is 124 Å². The van der Waals surface area contributed by atoms with Crippen LogP contribution in [0.2, 0.25) is 0 Å². The number of hydrogen-bond acceptors (Lipinski definition) is 5. The van der Waals surface area contributed by atoms with Crippen LogP contribution >= 0.6 is 0 Å². The number of rotatable bonds is 3. The highest BCUT2D eigenvalue weighted by Crippen LogP contribution is 2.27. The third-order valence-electron chi connectivity index (χ3n) is 3.52. The van der Waals surface area contributed by atoms with Crippen LogP contribution < -0.4 is 5.32 Å². The average Bonchev–Trinajstić information content (AvgIpc) is 2.90. The van der Waals surface area contributed by atoms with Gasteiger partial charge in [-0.15, -0.1) is 5.10 Å².